The molecular weight excluding hydrogens is 308 g/mol. The minimum atomic E-state index is -0.0350. The van der Waals surface area contributed by atoms with E-state index in [1.807, 2.05) is 0 Å². The lowest BCUT2D eigenvalue weighted by Crippen LogP contribution is -2.10. The molecule has 0 atom stereocenters. The average molecular weight is 341 g/mol. The molecule has 0 saturated carbocycles. The van der Waals surface area contributed by atoms with E-state index in [9.17, 15) is 4.79 Å². The van der Waals surface area contributed by atoms with Gasteiger partial charge in [-0.3, -0.25) is 4.79 Å². The van der Waals surface area contributed by atoms with Crippen molar-refractivity contribution in [3.8, 4) is 0 Å². The Balaban J connectivity index is 2.03. The first-order valence-corrected chi connectivity index (χ1v) is 10.1. The smallest absolute Gasteiger partial charge is 0.251 e. The lowest BCUT2D eigenvalue weighted by molar-refractivity contribution is 0.282. The van der Waals surface area contributed by atoms with Gasteiger partial charge in [0.15, 0.2) is 5.16 Å². The molecule has 1 aromatic heterocycles. The molecule has 0 aliphatic heterocycles. The van der Waals surface area contributed by atoms with Crippen LogP contribution in [0.4, 0.5) is 0 Å². The molecule has 1 heterocycles. The molecule has 1 aromatic rings. The number of nitrogens with one attached hydrogen (secondary N) is 1. The summed E-state index contributed by atoms with van der Waals surface area (Å²) in [6, 6.07) is 1.61. The van der Waals surface area contributed by atoms with E-state index >= 15 is 0 Å². The number of aliphatic hydroxyl groups is 1. The van der Waals surface area contributed by atoms with Gasteiger partial charge in [-0.25, -0.2) is 4.98 Å². The Morgan fingerprint density at radius 3 is 2.26 bits per heavy atom. The van der Waals surface area contributed by atoms with Crippen LogP contribution in [0.3, 0.4) is 0 Å². The summed E-state index contributed by atoms with van der Waals surface area (Å²) in [5.41, 5.74) is 0.868. The van der Waals surface area contributed by atoms with Gasteiger partial charge < -0.3 is 10.1 Å². The Morgan fingerprint density at radius 2 is 1.65 bits per heavy atom. The second-order valence-corrected chi connectivity index (χ2v) is 7.13. The zero-order valence-corrected chi connectivity index (χ0v) is 15.3. The number of aromatic amines is 1. The molecule has 0 saturated heterocycles. The maximum atomic E-state index is 11.6. The maximum Gasteiger partial charge on any atom is 0.251 e. The summed E-state index contributed by atoms with van der Waals surface area (Å²) < 4.78 is 0. The predicted octanol–water partition coefficient (Wildman–Crippen LogP) is 4.32. The standard InChI is InChI=1S/C18H32N2O2S/c1-2-12-16-15-17(22)20-18(19-16)23-14-11-9-7-5-3-4-6-8-10-13-21/h15,21H,2-14H2,1H3,(H,19,20,22). The van der Waals surface area contributed by atoms with Crippen LogP contribution >= 0.6 is 11.8 Å². The summed E-state index contributed by atoms with van der Waals surface area (Å²) in [7, 11) is 0. The fourth-order valence-electron chi connectivity index (χ4n) is 2.56. The van der Waals surface area contributed by atoms with Crippen LogP contribution in [0.2, 0.25) is 0 Å². The largest absolute Gasteiger partial charge is 0.396 e. The van der Waals surface area contributed by atoms with Crippen molar-refractivity contribution in [1.29, 1.82) is 0 Å². The molecule has 0 spiro atoms. The minimum absolute atomic E-state index is 0.0350. The molecule has 4 nitrogen and oxygen atoms in total. The molecule has 23 heavy (non-hydrogen) atoms. The van der Waals surface area contributed by atoms with Gasteiger partial charge in [0.2, 0.25) is 0 Å². The number of hydrogen-bond donors (Lipinski definition) is 2. The van der Waals surface area contributed by atoms with Gasteiger partial charge in [0, 0.05) is 24.1 Å². The Bertz CT molecular complexity index is 463. The highest BCUT2D eigenvalue weighted by atomic mass is 32.2. The maximum absolute atomic E-state index is 11.6. The van der Waals surface area contributed by atoms with Gasteiger partial charge in [0.1, 0.15) is 0 Å². The SMILES string of the molecule is CCCc1cc(=O)[nH]c(SCCCCCCCCCCCO)n1. The van der Waals surface area contributed by atoms with Crippen LogP contribution in [0, 0.1) is 0 Å². The molecule has 5 heteroatoms. The molecule has 0 radical (unpaired) electrons. The van der Waals surface area contributed by atoms with E-state index in [0.717, 1.165) is 42.3 Å². The summed E-state index contributed by atoms with van der Waals surface area (Å²) >= 11 is 1.66. The number of aliphatic hydroxyl groups excluding tert-OH is 1. The number of rotatable bonds is 14. The van der Waals surface area contributed by atoms with Crippen molar-refractivity contribution in [2.45, 2.75) is 82.7 Å². The third-order valence-corrected chi connectivity index (χ3v) is 4.78. The Morgan fingerprint density at radius 1 is 1.04 bits per heavy atom. The molecule has 0 amide bonds. The average Bonchev–Trinajstić information content (AvgIpc) is 2.52. The number of thioether (sulfide) groups is 1. The van der Waals surface area contributed by atoms with Gasteiger partial charge in [0.25, 0.3) is 5.56 Å². The highest BCUT2D eigenvalue weighted by Gasteiger charge is 2.01. The molecule has 0 fully saturated rings. The number of H-pyrrole nitrogens is 1. The van der Waals surface area contributed by atoms with Gasteiger partial charge in [-0.2, -0.15) is 0 Å². The summed E-state index contributed by atoms with van der Waals surface area (Å²) in [6.07, 6.45) is 12.9. The van der Waals surface area contributed by atoms with Gasteiger partial charge >= 0.3 is 0 Å². The van der Waals surface area contributed by atoms with Crippen molar-refractivity contribution in [3.05, 3.63) is 22.1 Å². The lowest BCUT2D eigenvalue weighted by Gasteiger charge is -2.04. The van der Waals surface area contributed by atoms with Crippen LogP contribution in [0.1, 0.15) is 76.8 Å². The van der Waals surface area contributed by atoms with Crippen LogP contribution in [0.25, 0.3) is 0 Å². The molecule has 0 bridgehead atoms. The molecule has 0 aliphatic rings. The van der Waals surface area contributed by atoms with Crippen LogP contribution < -0.4 is 5.56 Å². The zero-order chi connectivity index (χ0) is 16.8. The molecule has 0 unspecified atom stereocenters. The number of hydrogen-bond acceptors (Lipinski definition) is 4. The van der Waals surface area contributed by atoms with E-state index in [0.29, 0.717) is 6.61 Å². The van der Waals surface area contributed by atoms with Gasteiger partial charge in [-0.1, -0.05) is 70.1 Å². The molecule has 2 N–H and O–H groups in total. The van der Waals surface area contributed by atoms with Crippen LogP contribution in [0.5, 0.6) is 0 Å². The van der Waals surface area contributed by atoms with Crippen molar-refractivity contribution in [3.63, 3.8) is 0 Å². The number of unbranched alkanes of at least 4 members (excludes halogenated alkanes) is 8. The zero-order valence-electron chi connectivity index (χ0n) is 14.5. The van der Waals surface area contributed by atoms with Crippen LogP contribution in [0.15, 0.2) is 16.0 Å². The van der Waals surface area contributed by atoms with E-state index in [1.54, 1.807) is 17.8 Å². The van der Waals surface area contributed by atoms with E-state index in [2.05, 4.69) is 16.9 Å². The Kier molecular flexibility index (Phi) is 12.0. The first kappa shape index (κ1) is 20.2. The van der Waals surface area contributed by atoms with E-state index in [-0.39, 0.29) is 5.56 Å². The highest BCUT2D eigenvalue weighted by Crippen LogP contribution is 2.16. The summed E-state index contributed by atoms with van der Waals surface area (Å²) in [5, 5.41) is 9.47. The van der Waals surface area contributed by atoms with Gasteiger partial charge in [-0.05, 0) is 19.3 Å². The second-order valence-electron chi connectivity index (χ2n) is 6.05. The van der Waals surface area contributed by atoms with E-state index in [4.69, 9.17) is 5.11 Å². The van der Waals surface area contributed by atoms with E-state index in [1.165, 1.54) is 44.9 Å². The quantitative estimate of drug-likeness (QED) is 0.301. The van der Waals surface area contributed by atoms with E-state index < -0.39 is 0 Å². The van der Waals surface area contributed by atoms with Crippen molar-refractivity contribution in [1.82, 2.24) is 9.97 Å². The number of aromatic nitrogens is 2. The molecular formula is C18H32N2O2S. The van der Waals surface area contributed by atoms with Gasteiger partial charge in [-0.15, -0.1) is 0 Å². The first-order valence-electron chi connectivity index (χ1n) is 9.10. The monoisotopic (exact) mass is 340 g/mol. The molecule has 0 aliphatic carbocycles. The normalized spacial score (nSPS) is 11.0. The molecule has 132 valence electrons. The van der Waals surface area contributed by atoms with Crippen LogP contribution in [-0.2, 0) is 6.42 Å². The summed E-state index contributed by atoms with van der Waals surface area (Å²) in [4.78, 5) is 18.9. The second kappa shape index (κ2) is 13.6. The summed E-state index contributed by atoms with van der Waals surface area (Å²) in [6.45, 7) is 2.43. The topological polar surface area (TPSA) is 66.0 Å². The van der Waals surface area contributed by atoms with Crippen molar-refractivity contribution in [2.24, 2.45) is 0 Å². The van der Waals surface area contributed by atoms with Gasteiger partial charge in [0.05, 0.1) is 0 Å². The third-order valence-electron chi connectivity index (χ3n) is 3.82. The van der Waals surface area contributed by atoms with Crippen molar-refractivity contribution in [2.75, 3.05) is 12.4 Å². The van der Waals surface area contributed by atoms with Crippen molar-refractivity contribution >= 4 is 11.8 Å². The Hall–Kier alpha value is -0.810. The van der Waals surface area contributed by atoms with Crippen molar-refractivity contribution < 1.29 is 5.11 Å². The van der Waals surface area contributed by atoms with Crippen LogP contribution in [-0.4, -0.2) is 27.4 Å². The first-order chi connectivity index (χ1) is 11.3. The highest BCUT2D eigenvalue weighted by molar-refractivity contribution is 7.99. The predicted molar refractivity (Wildman–Crippen MR) is 98.2 cm³/mol. The third kappa shape index (κ3) is 10.6. The summed E-state index contributed by atoms with van der Waals surface area (Å²) in [5.74, 6) is 1.02. The molecule has 0 aromatic carbocycles. The minimum Gasteiger partial charge on any atom is -0.396 e. The lowest BCUT2D eigenvalue weighted by atomic mass is 10.1. The fourth-order valence-corrected chi connectivity index (χ4v) is 3.45. The number of nitrogens with zero attached hydrogens (tertiary/aromatic N) is 1. The molecule has 1 rings (SSSR count). The fraction of sp³-hybridized carbons (Fsp3) is 0.778. The number of aryl methyl sites for hydroxylation is 1. The Labute approximate surface area is 144 Å².